The first-order valence-corrected chi connectivity index (χ1v) is 13.5. The number of piperidine rings is 3. The van der Waals surface area contributed by atoms with Crippen LogP contribution in [0.15, 0.2) is 72.8 Å². The molecule has 3 aliphatic heterocycles. The van der Waals surface area contributed by atoms with Crippen LogP contribution in [-0.4, -0.2) is 54.9 Å². The number of fused-ring (bicyclic) bond motifs is 3. The van der Waals surface area contributed by atoms with E-state index in [1.165, 1.54) is 5.56 Å². The number of ether oxygens (including phenoxy) is 1. The van der Waals surface area contributed by atoms with Gasteiger partial charge in [-0.2, -0.15) is 0 Å². The van der Waals surface area contributed by atoms with E-state index in [2.05, 4.69) is 47.4 Å². The molecule has 2 bridgehead atoms. The van der Waals surface area contributed by atoms with Gasteiger partial charge in [0.15, 0.2) is 0 Å². The summed E-state index contributed by atoms with van der Waals surface area (Å²) in [6.45, 7) is 4.22. The van der Waals surface area contributed by atoms with E-state index in [1.54, 1.807) is 4.90 Å². The van der Waals surface area contributed by atoms with Crippen molar-refractivity contribution in [2.45, 2.75) is 38.1 Å². The average Bonchev–Trinajstić information content (AvgIpc) is 2.93. The average molecular weight is 500 g/mol. The molecule has 0 aromatic heterocycles. The summed E-state index contributed by atoms with van der Waals surface area (Å²) in [6.07, 6.45) is 3.81. The molecule has 37 heavy (non-hydrogen) atoms. The van der Waals surface area contributed by atoms with Gasteiger partial charge in [0.25, 0.3) is 0 Å². The number of hydrogen-bond acceptors (Lipinski definition) is 4. The van der Waals surface area contributed by atoms with Crippen LogP contribution in [0.1, 0.15) is 30.4 Å². The maximum atomic E-state index is 12.7. The molecule has 194 valence electrons. The standard InChI is InChI=1S/C31H37N3O3/c32-17-14-23-8-11-27(12-9-23)37-20-4-5-24-10-13-28(25-6-2-1-3-7-25)29(21-24)34(31(35)36)30-22-33-18-15-26(30)16-19-33/h1-3,6-13,21,26,30H,4-5,14-20,22,32H2,(H,35,36)/t30-/m0/s1. The number of hydrogen-bond donors (Lipinski definition) is 2. The zero-order valence-corrected chi connectivity index (χ0v) is 21.4. The summed E-state index contributed by atoms with van der Waals surface area (Å²) in [4.78, 5) is 16.8. The van der Waals surface area contributed by atoms with Crippen LogP contribution in [0.5, 0.6) is 5.75 Å². The Morgan fingerprint density at radius 1 is 0.973 bits per heavy atom. The summed E-state index contributed by atoms with van der Waals surface area (Å²) in [5.41, 5.74) is 10.8. The monoisotopic (exact) mass is 499 g/mol. The lowest BCUT2D eigenvalue weighted by atomic mass is 9.82. The number of aryl methyl sites for hydroxylation is 1. The van der Waals surface area contributed by atoms with E-state index in [0.717, 1.165) is 79.9 Å². The van der Waals surface area contributed by atoms with Crippen LogP contribution in [0.4, 0.5) is 10.5 Å². The maximum absolute atomic E-state index is 12.7. The zero-order chi connectivity index (χ0) is 25.6. The van der Waals surface area contributed by atoms with Gasteiger partial charge in [-0.25, -0.2) is 4.79 Å². The van der Waals surface area contributed by atoms with Crippen LogP contribution < -0.4 is 15.4 Å². The smallest absolute Gasteiger partial charge is 0.412 e. The minimum absolute atomic E-state index is 0.0108. The maximum Gasteiger partial charge on any atom is 0.412 e. The van der Waals surface area contributed by atoms with Gasteiger partial charge in [-0.1, -0.05) is 54.6 Å². The second-order valence-corrected chi connectivity index (χ2v) is 10.2. The lowest BCUT2D eigenvalue weighted by molar-refractivity contribution is 0.0837. The van der Waals surface area contributed by atoms with Crippen molar-refractivity contribution in [1.82, 2.24) is 4.90 Å². The van der Waals surface area contributed by atoms with Crippen LogP contribution >= 0.6 is 0 Å². The predicted octanol–water partition coefficient (Wildman–Crippen LogP) is 5.45. The number of rotatable bonds is 10. The molecule has 1 atom stereocenters. The van der Waals surface area contributed by atoms with Crippen LogP contribution in [0.3, 0.4) is 0 Å². The Balaban J connectivity index is 1.34. The number of nitrogens with two attached hydrogens (primary N) is 1. The third-order valence-electron chi connectivity index (χ3n) is 7.80. The normalized spacial score (nSPS) is 20.5. The van der Waals surface area contributed by atoms with Gasteiger partial charge in [0, 0.05) is 12.1 Å². The fraction of sp³-hybridized carbons (Fsp3) is 0.387. The van der Waals surface area contributed by atoms with Crippen molar-refractivity contribution in [3.05, 3.63) is 83.9 Å². The third-order valence-corrected chi connectivity index (χ3v) is 7.80. The lowest BCUT2D eigenvalue weighted by Gasteiger charge is -2.48. The Labute approximate surface area is 219 Å². The Morgan fingerprint density at radius 3 is 2.35 bits per heavy atom. The fourth-order valence-corrected chi connectivity index (χ4v) is 5.83. The number of carbonyl (C=O) groups is 1. The largest absolute Gasteiger partial charge is 0.494 e. The van der Waals surface area contributed by atoms with Gasteiger partial charge in [0.1, 0.15) is 5.75 Å². The molecule has 3 aromatic rings. The number of amides is 1. The van der Waals surface area contributed by atoms with E-state index >= 15 is 0 Å². The summed E-state index contributed by atoms with van der Waals surface area (Å²) >= 11 is 0. The van der Waals surface area contributed by atoms with Crippen molar-refractivity contribution in [1.29, 1.82) is 0 Å². The Bertz CT molecular complexity index is 1170. The van der Waals surface area contributed by atoms with Crippen molar-refractivity contribution >= 4 is 11.8 Å². The Morgan fingerprint density at radius 2 is 1.70 bits per heavy atom. The van der Waals surface area contributed by atoms with E-state index in [4.69, 9.17) is 10.5 Å². The van der Waals surface area contributed by atoms with Crippen LogP contribution in [-0.2, 0) is 12.8 Å². The summed E-state index contributed by atoms with van der Waals surface area (Å²) in [6, 6.07) is 24.5. The van der Waals surface area contributed by atoms with Crippen LogP contribution in [0.2, 0.25) is 0 Å². The quantitative estimate of drug-likeness (QED) is 0.363. The van der Waals surface area contributed by atoms with Gasteiger partial charge in [0.2, 0.25) is 0 Å². The fourth-order valence-electron chi connectivity index (χ4n) is 5.83. The molecule has 6 rings (SSSR count). The molecule has 3 heterocycles. The number of benzene rings is 3. The number of anilines is 1. The molecule has 3 aliphatic rings. The molecule has 0 radical (unpaired) electrons. The molecule has 3 saturated heterocycles. The number of carboxylic acid groups (broad SMARTS) is 1. The summed E-state index contributed by atoms with van der Waals surface area (Å²) in [7, 11) is 0. The van der Waals surface area contributed by atoms with Crippen molar-refractivity contribution in [2.75, 3.05) is 37.7 Å². The molecule has 3 aromatic carbocycles. The molecule has 0 unspecified atom stereocenters. The number of nitrogens with zero attached hydrogens (tertiary/aromatic N) is 2. The van der Waals surface area contributed by atoms with Crippen molar-refractivity contribution in [3.63, 3.8) is 0 Å². The van der Waals surface area contributed by atoms with Crippen molar-refractivity contribution < 1.29 is 14.6 Å². The highest BCUT2D eigenvalue weighted by Gasteiger charge is 2.40. The second-order valence-electron chi connectivity index (χ2n) is 10.2. The topological polar surface area (TPSA) is 79.0 Å². The van der Waals surface area contributed by atoms with Crippen molar-refractivity contribution in [2.24, 2.45) is 11.7 Å². The molecule has 0 aliphatic carbocycles. The highest BCUT2D eigenvalue weighted by molar-refractivity contribution is 5.94. The summed E-state index contributed by atoms with van der Waals surface area (Å²) in [5, 5.41) is 10.4. The minimum atomic E-state index is -0.866. The minimum Gasteiger partial charge on any atom is -0.494 e. The molecule has 3 fully saturated rings. The molecule has 1 amide bonds. The molecular formula is C31H37N3O3. The highest BCUT2D eigenvalue weighted by atomic mass is 16.5. The van der Waals surface area contributed by atoms with E-state index in [9.17, 15) is 9.90 Å². The van der Waals surface area contributed by atoms with Gasteiger partial charge in [-0.3, -0.25) is 4.90 Å². The third kappa shape index (κ3) is 5.97. The predicted molar refractivity (Wildman–Crippen MR) is 148 cm³/mol. The van der Waals surface area contributed by atoms with Gasteiger partial charge >= 0.3 is 6.09 Å². The summed E-state index contributed by atoms with van der Waals surface area (Å²) < 4.78 is 5.96. The van der Waals surface area contributed by atoms with E-state index in [0.29, 0.717) is 19.1 Å². The molecule has 6 heteroatoms. The lowest BCUT2D eigenvalue weighted by Crippen LogP contribution is -2.59. The van der Waals surface area contributed by atoms with Crippen molar-refractivity contribution in [3.8, 4) is 16.9 Å². The molecule has 0 saturated carbocycles. The first-order chi connectivity index (χ1) is 18.1. The van der Waals surface area contributed by atoms with Gasteiger partial charge in [-0.05, 0) is 92.5 Å². The van der Waals surface area contributed by atoms with Crippen LogP contribution in [0.25, 0.3) is 11.1 Å². The van der Waals surface area contributed by atoms with E-state index in [-0.39, 0.29) is 6.04 Å². The first kappa shape index (κ1) is 25.3. The van der Waals surface area contributed by atoms with Gasteiger partial charge in [0.05, 0.1) is 18.3 Å². The SMILES string of the molecule is NCCc1ccc(OCCCc2ccc(-c3ccccc3)c(N(C(=O)O)[C@H]3CN4CCC3CC4)c2)cc1. The van der Waals surface area contributed by atoms with E-state index < -0.39 is 6.09 Å². The summed E-state index contributed by atoms with van der Waals surface area (Å²) in [5.74, 6) is 1.28. The van der Waals surface area contributed by atoms with Crippen LogP contribution in [0, 0.1) is 5.92 Å². The molecule has 6 nitrogen and oxygen atoms in total. The second kappa shape index (κ2) is 11.8. The van der Waals surface area contributed by atoms with Gasteiger partial charge in [-0.15, -0.1) is 0 Å². The molecule has 3 N–H and O–H groups in total. The van der Waals surface area contributed by atoms with Gasteiger partial charge < -0.3 is 20.5 Å². The Kier molecular flexibility index (Phi) is 8.07. The zero-order valence-electron chi connectivity index (χ0n) is 21.4. The Hall–Kier alpha value is -3.35. The highest BCUT2D eigenvalue weighted by Crippen LogP contribution is 2.38. The molecular weight excluding hydrogens is 462 g/mol. The van der Waals surface area contributed by atoms with E-state index in [1.807, 2.05) is 30.3 Å². The first-order valence-electron chi connectivity index (χ1n) is 13.5. The molecule has 0 spiro atoms.